The van der Waals surface area contributed by atoms with E-state index in [1.807, 2.05) is 37.4 Å². The van der Waals surface area contributed by atoms with Crippen LogP contribution in [0.25, 0.3) is 16.9 Å². The molecule has 1 N–H and O–H groups in total. The van der Waals surface area contributed by atoms with Gasteiger partial charge in [-0.05, 0) is 24.6 Å². The van der Waals surface area contributed by atoms with E-state index in [0.29, 0.717) is 5.88 Å². The molecular formula is C17H18N4O3. The highest BCUT2D eigenvalue weighted by Gasteiger charge is 2.10. The molecule has 3 rings (SSSR count). The lowest BCUT2D eigenvalue weighted by molar-refractivity contribution is -0.119. The monoisotopic (exact) mass is 326 g/mol. The van der Waals surface area contributed by atoms with Gasteiger partial charge in [-0.1, -0.05) is 12.1 Å². The van der Waals surface area contributed by atoms with Crippen LogP contribution >= 0.6 is 0 Å². The van der Waals surface area contributed by atoms with Crippen molar-refractivity contribution in [2.45, 2.75) is 6.92 Å². The van der Waals surface area contributed by atoms with E-state index < -0.39 is 0 Å². The van der Waals surface area contributed by atoms with Gasteiger partial charge in [0, 0.05) is 24.4 Å². The van der Waals surface area contributed by atoms with Gasteiger partial charge in [0.15, 0.2) is 5.65 Å². The maximum absolute atomic E-state index is 11.7. The molecule has 0 aliphatic carbocycles. The van der Waals surface area contributed by atoms with Crippen molar-refractivity contribution in [3.8, 4) is 17.1 Å². The number of anilines is 1. The van der Waals surface area contributed by atoms with Crippen LogP contribution in [-0.4, -0.2) is 41.3 Å². The molecule has 7 nitrogen and oxygen atoms in total. The van der Waals surface area contributed by atoms with Crippen LogP contribution in [0, 0.1) is 6.92 Å². The molecule has 0 saturated heterocycles. The minimum Gasteiger partial charge on any atom is -0.480 e. The molecule has 1 aromatic carbocycles. The van der Waals surface area contributed by atoms with E-state index in [0.717, 1.165) is 28.2 Å². The van der Waals surface area contributed by atoms with E-state index in [2.05, 4.69) is 15.4 Å². The first-order valence-electron chi connectivity index (χ1n) is 7.41. The van der Waals surface area contributed by atoms with Gasteiger partial charge in [0.2, 0.25) is 11.8 Å². The molecule has 0 unspecified atom stereocenters. The predicted octanol–water partition coefficient (Wildman–Crippen LogP) is 2.30. The van der Waals surface area contributed by atoms with Crippen LogP contribution in [0.4, 0.5) is 5.69 Å². The largest absolute Gasteiger partial charge is 0.480 e. The van der Waals surface area contributed by atoms with E-state index in [9.17, 15) is 4.79 Å². The Morgan fingerprint density at radius 2 is 2.08 bits per heavy atom. The second-order valence-corrected chi connectivity index (χ2v) is 5.32. The topological polar surface area (TPSA) is 77.8 Å². The van der Waals surface area contributed by atoms with Crippen LogP contribution < -0.4 is 10.1 Å². The molecule has 2 aromatic heterocycles. The lowest BCUT2D eigenvalue weighted by atomic mass is 10.1. The number of amides is 1. The van der Waals surface area contributed by atoms with Crippen molar-refractivity contribution >= 4 is 17.2 Å². The quantitative estimate of drug-likeness (QED) is 0.778. The first-order valence-corrected chi connectivity index (χ1v) is 7.41. The minimum atomic E-state index is -0.195. The van der Waals surface area contributed by atoms with Gasteiger partial charge in [-0.25, -0.2) is 9.50 Å². The van der Waals surface area contributed by atoms with Gasteiger partial charge in [-0.3, -0.25) is 4.79 Å². The summed E-state index contributed by atoms with van der Waals surface area (Å²) in [5.74, 6) is 0.321. The van der Waals surface area contributed by atoms with Crippen molar-refractivity contribution in [2.75, 3.05) is 26.1 Å². The van der Waals surface area contributed by atoms with Gasteiger partial charge in [0.1, 0.15) is 6.61 Å². The molecule has 0 saturated carbocycles. The van der Waals surface area contributed by atoms with Gasteiger partial charge in [-0.2, -0.15) is 0 Å². The fourth-order valence-electron chi connectivity index (χ4n) is 2.35. The number of carbonyl (C=O) groups excluding carboxylic acids is 1. The third-order valence-corrected chi connectivity index (χ3v) is 3.59. The molecule has 2 heterocycles. The number of fused-ring (bicyclic) bond motifs is 1. The Bertz CT molecular complexity index is 889. The summed E-state index contributed by atoms with van der Waals surface area (Å²) in [6, 6.07) is 9.39. The fraction of sp³-hybridized carbons (Fsp3) is 0.235. The van der Waals surface area contributed by atoms with Gasteiger partial charge in [0.25, 0.3) is 0 Å². The van der Waals surface area contributed by atoms with E-state index >= 15 is 0 Å². The Balaban J connectivity index is 1.95. The first kappa shape index (κ1) is 15.9. The fourth-order valence-corrected chi connectivity index (χ4v) is 2.35. The summed E-state index contributed by atoms with van der Waals surface area (Å²) in [7, 11) is 3.06. The third-order valence-electron chi connectivity index (χ3n) is 3.59. The number of carbonyl (C=O) groups is 1. The van der Waals surface area contributed by atoms with Crippen molar-refractivity contribution in [1.29, 1.82) is 0 Å². The van der Waals surface area contributed by atoms with Crippen molar-refractivity contribution < 1.29 is 14.3 Å². The number of benzene rings is 1. The Hall–Kier alpha value is -2.93. The number of hydrogen-bond acceptors (Lipinski definition) is 5. The normalized spacial score (nSPS) is 10.8. The highest BCUT2D eigenvalue weighted by atomic mass is 16.5. The lowest BCUT2D eigenvalue weighted by Gasteiger charge is -2.09. The summed E-state index contributed by atoms with van der Waals surface area (Å²) in [5, 5.41) is 7.14. The van der Waals surface area contributed by atoms with Gasteiger partial charge in [-0.15, -0.1) is 5.10 Å². The second kappa shape index (κ2) is 6.67. The summed E-state index contributed by atoms with van der Waals surface area (Å²) in [6.07, 6.45) is 1.82. The second-order valence-electron chi connectivity index (χ2n) is 5.32. The zero-order chi connectivity index (χ0) is 17.1. The zero-order valence-corrected chi connectivity index (χ0v) is 13.7. The molecule has 7 heteroatoms. The van der Waals surface area contributed by atoms with Crippen molar-refractivity contribution in [3.63, 3.8) is 0 Å². The first-order chi connectivity index (χ1) is 11.6. The summed E-state index contributed by atoms with van der Waals surface area (Å²) in [5.41, 5.74) is 4.07. The number of aryl methyl sites for hydroxylation is 1. The van der Waals surface area contributed by atoms with Crippen molar-refractivity contribution in [2.24, 2.45) is 0 Å². The van der Waals surface area contributed by atoms with E-state index in [-0.39, 0.29) is 12.5 Å². The van der Waals surface area contributed by atoms with Crippen LogP contribution in [0.2, 0.25) is 0 Å². The SMILES string of the molecule is COCC(=O)Nc1cc(-c2cn3nc(OC)ccc3n2)ccc1C. The van der Waals surface area contributed by atoms with E-state index in [4.69, 9.17) is 9.47 Å². The average Bonchev–Trinajstić information content (AvgIpc) is 3.00. The number of methoxy groups -OCH3 is 2. The Morgan fingerprint density at radius 1 is 1.25 bits per heavy atom. The minimum absolute atomic E-state index is 0.0156. The molecule has 0 fully saturated rings. The summed E-state index contributed by atoms with van der Waals surface area (Å²) < 4.78 is 11.6. The standard InChI is InChI=1S/C17H18N4O3/c1-11-4-5-12(8-13(11)19-16(22)10-23-2)14-9-21-15(18-14)6-7-17(20-21)24-3/h4-9H,10H2,1-3H3,(H,19,22). The van der Waals surface area contributed by atoms with Crippen molar-refractivity contribution in [3.05, 3.63) is 42.1 Å². The summed E-state index contributed by atoms with van der Waals surface area (Å²) >= 11 is 0. The molecule has 0 spiro atoms. The zero-order valence-electron chi connectivity index (χ0n) is 13.7. The number of imidazole rings is 1. The summed E-state index contributed by atoms with van der Waals surface area (Å²) in [6.45, 7) is 1.95. The van der Waals surface area contributed by atoms with E-state index in [1.54, 1.807) is 17.7 Å². The highest BCUT2D eigenvalue weighted by Crippen LogP contribution is 2.25. The summed E-state index contributed by atoms with van der Waals surface area (Å²) in [4.78, 5) is 16.3. The van der Waals surface area contributed by atoms with Crippen LogP contribution in [0.3, 0.4) is 0 Å². The maximum Gasteiger partial charge on any atom is 0.250 e. The van der Waals surface area contributed by atoms with Gasteiger partial charge < -0.3 is 14.8 Å². The Kier molecular flexibility index (Phi) is 4.43. The van der Waals surface area contributed by atoms with Crippen LogP contribution in [0.15, 0.2) is 36.5 Å². The number of hydrogen-bond donors (Lipinski definition) is 1. The molecule has 0 bridgehead atoms. The number of ether oxygens (including phenoxy) is 2. The van der Waals surface area contributed by atoms with Crippen LogP contribution in [0.1, 0.15) is 5.56 Å². The molecule has 3 aromatic rings. The number of nitrogens with one attached hydrogen (secondary N) is 1. The molecule has 24 heavy (non-hydrogen) atoms. The predicted molar refractivity (Wildman–Crippen MR) is 90.2 cm³/mol. The molecule has 0 atom stereocenters. The lowest BCUT2D eigenvalue weighted by Crippen LogP contribution is -2.17. The Morgan fingerprint density at radius 3 is 2.83 bits per heavy atom. The van der Waals surface area contributed by atoms with E-state index in [1.165, 1.54) is 7.11 Å². The number of nitrogens with zero attached hydrogens (tertiary/aromatic N) is 3. The molecule has 0 aliphatic heterocycles. The molecule has 0 aliphatic rings. The molecular weight excluding hydrogens is 308 g/mol. The third kappa shape index (κ3) is 3.21. The van der Waals surface area contributed by atoms with Crippen molar-refractivity contribution in [1.82, 2.24) is 14.6 Å². The van der Waals surface area contributed by atoms with Gasteiger partial charge in [0.05, 0.1) is 19.0 Å². The molecule has 0 radical (unpaired) electrons. The molecule has 1 amide bonds. The molecule has 124 valence electrons. The smallest absolute Gasteiger partial charge is 0.250 e. The number of rotatable bonds is 5. The van der Waals surface area contributed by atoms with Gasteiger partial charge >= 0.3 is 0 Å². The van der Waals surface area contributed by atoms with Crippen LogP contribution in [0.5, 0.6) is 5.88 Å². The Labute approximate surface area is 139 Å². The van der Waals surface area contributed by atoms with Crippen LogP contribution in [-0.2, 0) is 9.53 Å². The average molecular weight is 326 g/mol. The number of aromatic nitrogens is 3. The maximum atomic E-state index is 11.7. The highest BCUT2D eigenvalue weighted by molar-refractivity contribution is 5.93.